The zero-order chi connectivity index (χ0) is 11.6. The lowest BCUT2D eigenvalue weighted by Gasteiger charge is -2.05. The van der Waals surface area contributed by atoms with Gasteiger partial charge in [0, 0.05) is 0 Å². The van der Waals surface area contributed by atoms with Crippen LogP contribution in [-0.2, 0) is 0 Å². The number of hydrogen-bond acceptors (Lipinski definition) is 3. The van der Waals surface area contributed by atoms with E-state index >= 15 is 0 Å². The van der Waals surface area contributed by atoms with Gasteiger partial charge >= 0.3 is 5.97 Å². The monoisotopic (exact) mass is 276 g/mol. The SMILES string of the molecule is N#Cc1c(C(=O)O)cc(Br)nc1C(F)F. The fourth-order valence-electron chi connectivity index (χ4n) is 0.977. The van der Waals surface area contributed by atoms with E-state index in [1.54, 1.807) is 0 Å². The smallest absolute Gasteiger partial charge is 0.337 e. The van der Waals surface area contributed by atoms with Gasteiger partial charge in [-0.25, -0.2) is 18.6 Å². The highest BCUT2D eigenvalue weighted by Gasteiger charge is 2.22. The van der Waals surface area contributed by atoms with Crippen LogP contribution in [0, 0.1) is 11.3 Å². The van der Waals surface area contributed by atoms with Crippen molar-refractivity contribution in [1.82, 2.24) is 4.98 Å². The van der Waals surface area contributed by atoms with E-state index in [4.69, 9.17) is 10.4 Å². The Balaban J connectivity index is 3.54. The lowest BCUT2D eigenvalue weighted by Crippen LogP contribution is -2.06. The van der Waals surface area contributed by atoms with E-state index < -0.39 is 29.2 Å². The number of carboxylic acid groups (broad SMARTS) is 1. The van der Waals surface area contributed by atoms with Crippen LogP contribution >= 0.6 is 15.9 Å². The van der Waals surface area contributed by atoms with Crippen molar-refractivity contribution in [3.05, 3.63) is 27.5 Å². The van der Waals surface area contributed by atoms with E-state index in [1.165, 1.54) is 6.07 Å². The summed E-state index contributed by atoms with van der Waals surface area (Å²) < 4.78 is 24.8. The quantitative estimate of drug-likeness (QED) is 0.842. The first-order valence-corrected chi connectivity index (χ1v) is 4.38. The Morgan fingerprint density at radius 1 is 1.67 bits per heavy atom. The Labute approximate surface area is 91.3 Å². The summed E-state index contributed by atoms with van der Waals surface area (Å²) >= 11 is 2.80. The molecule has 1 aromatic heterocycles. The lowest BCUT2D eigenvalue weighted by molar-refractivity contribution is 0.0695. The van der Waals surface area contributed by atoms with Gasteiger partial charge in [-0.2, -0.15) is 5.26 Å². The molecule has 7 heteroatoms. The van der Waals surface area contributed by atoms with Crippen molar-refractivity contribution in [1.29, 1.82) is 5.26 Å². The van der Waals surface area contributed by atoms with Gasteiger partial charge in [0.25, 0.3) is 6.43 Å². The maximum absolute atomic E-state index is 12.4. The molecule has 0 atom stereocenters. The predicted octanol–water partition coefficient (Wildman–Crippen LogP) is 2.35. The topological polar surface area (TPSA) is 74.0 Å². The second kappa shape index (κ2) is 4.31. The first-order valence-electron chi connectivity index (χ1n) is 3.59. The van der Waals surface area contributed by atoms with Crippen molar-refractivity contribution in [2.75, 3.05) is 0 Å². The molecule has 15 heavy (non-hydrogen) atoms. The van der Waals surface area contributed by atoms with Gasteiger partial charge in [-0.15, -0.1) is 0 Å². The normalized spacial score (nSPS) is 10.1. The number of halogens is 3. The van der Waals surface area contributed by atoms with Gasteiger partial charge in [0.05, 0.1) is 11.1 Å². The Morgan fingerprint density at radius 2 is 2.27 bits per heavy atom. The first kappa shape index (κ1) is 11.5. The molecular formula is C8H3BrF2N2O2. The molecular weight excluding hydrogens is 274 g/mol. The minimum atomic E-state index is -2.99. The number of pyridine rings is 1. The Hall–Kier alpha value is -1.55. The fourth-order valence-corrected chi connectivity index (χ4v) is 1.40. The zero-order valence-electron chi connectivity index (χ0n) is 7.04. The third-order valence-corrected chi connectivity index (χ3v) is 1.97. The highest BCUT2D eigenvalue weighted by molar-refractivity contribution is 9.10. The van der Waals surface area contributed by atoms with E-state index in [0.29, 0.717) is 0 Å². The molecule has 0 saturated heterocycles. The minimum Gasteiger partial charge on any atom is -0.478 e. The van der Waals surface area contributed by atoms with Crippen molar-refractivity contribution in [3.8, 4) is 6.07 Å². The molecule has 1 heterocycles. The van der Waals surface area contributed by atoms with Gasteiger partial charge in [0.2, 0.25) is 0 Å². The second-order valence-corrected chi connectivity index (χ2v) is 3.28. The largest absolute Gasteiger partial charge is 0.478 e. The molecule has 0 aliphatic heterocycles. The molecule has 0 aliphatic rings. The Bertz CT molecular complexity index is 457. The lowest BCUT2D eigenvalue weighted by atomic mass is 10.1. The molecule has 0 saturated carbocycles. The summed E-state index contributed by atoms with van der Waals surface area (Å²) in [5, 5.41) is 17.3. The second-order valence-electron chi connectivity index (χ2n) is 2.47. The molecule has 0 unspecified atom stereocenters. The number of hydrogen-bond donors (Lipinski definition) is 1. The number of nitriles is 1. The molecule has 1 N–H and O–H groups in total. The molecule has 0 spiro atoms. The van der Waals surface area contributed by atoms with Gasteiger partial charge < -0.3 is 5.11 Å². The summed E-state index contributed by atoms with van der Waals surface area (Å²) in [4.78, 5) is 14.0. The predicted molar refractivity (Wildman–Crippen MR) is 48.6 cm³/mol. The first-order chi connectivity index (χ1) is 6.97. The summed E-state index contributed by atoms with van der Waals surface area (Å²) in [6, 6.07) is 2.42. The average molecular weight is 277 g/mol. The fraction of sp³-hybridized carbons (Fsp3) is 0.125. The van der Waals surface area contributed by atoms with Crippen molar-refractivity contribution in [3.63, 3.8) is 0 Å². The van der Waals surface area contributed by atoms with Crippen LogP contribution in [0.15, 0.2) is 10.7 Å². The van der Waals surface area contributed by atoms with Gasteiger partial charge in [0.15, 0.2) is 0 Å². The van der Waals surface area contributed by atoms with Gasteiger partial charge in [-0.3, -0.25) is 0 Å². The number of carboxylic acids is 1. The number of nitrogens with zero attached hydrogens (tertiary/aromatic N) is 2. The third-order valence-electron chi connectivity index (χ3n) is 1.57. The summed E-state index contributed by atoms with van der Waals surface area (Å²) in [5.41, 5.74) is -1.93. The van der Waals surface area contributed by atoms with Crippen LogP contribution < -0.4 is 0 Å². The van der Waals surface area contributed by atoms with Crippen LogP contribution in [0.4, 0.5) is 8.78 Å². The molecule has 0 fully saturated rings. The summed E-state index contributed by atoms with van der Waals surface area (Å²) in [7, 11) is 0. The molecule has 0 aliphatic carbocycles. The molecule has 1 rings (SSSR count). The molecule has 4 nitrogen and oxygen atoms in total. The summed E-state index contributed by atoms with van der Waals surface area (Å²) in [6.07, 6.45) is -2.99. The average Bonchev–Trinajstić information content (AvgIpc) is 2.16. The van der Waals surface area contributed by atoms with Crippen molar-refractivity contribution >= 4 is 21.9 Å². The molecule has 0 amide bonds. The van der Waals surface area contributed by atoms with Crippen LogP contribution in [0.5, 0.6) is 0 Å². The number of aromatic carboxylic acids is 1. The molecule has 78 valence electrons. The van der Waals surface area contributed by atoms with Crippen molar-refractivity contribution in [2.24, 2.45) is 0 Å². The minimum absolute atomic E-state index is 0.0470. The molecule has 0 bridgehead atoms. The standard InChI is InChI=1S/C8H3BrF2N2O2/c9-5-1-3(8(14)15)4(2-12)6(13-5)7(10)11/h1,7H,(H,14,15). The van der Waals surface area contributed by atoms with E-state index in [-0.39, 0.29) is 4.60 Å². The van der Waals surface area contributed by atoms with Crippen LogP contribution in [0.2, 0.25) is 0 Å². The number of alkyl halides is 2. The third kappa shape index (κ3) is 2.27. The van der Waals surface area contributed by atoms with Crippen LogP contribution in [-0.4, -0.2) is 16.1 Å². The molecule has 1 aromatic rings. The Morgan fingerprint density at radius 3 is 2.67 bits per heavy atom. The zero-order valence-corrected chi connectivity index (χ0v) is 8.62. The van der Waals surface area contributed by atoms with Crippen LogP contribution in [0.25, 0.3) is 0 Å². The van der Waals surface area contributed by atoms with E-state index in [9.17, 15) is 13.6 Å². The highest BCUT2D eigenvalue weighted by atomic mass is 79.9. The summed E-state index contributed by atoms with van der Waals surface area (Å²) in [6.45, 7) is 0. The maximum Gasteiger partial charge on any atom is 0.337 e. The van der Waals surface area contributed by atoms with E-state index in [2.05, 4.69) is 20.9 Å². The van der Waals surface area contributed by atoms with Gasteiger partial charge in [-0.1, -0.05) is 0 Å². The number of rotatable bonds is 2. The van der Waals surface area contributed by atoms with Gasteiger partial charge in [-0.05, 0) is 22.0 Å². The van der Waals surface area contributed by atoms with Crippen molar-refractivity contribution in [2.45, 2.75) is 6.43 Å². The number of aromatic nitrogens is 1. The summed E-state index contributed by atoms with van der Waals surface area (Å²) in [5.74, 6) is -1.45. The van der Waals surface area contributed by atoms with E-state index in [0.717, 1.165) is 6.07 Å². The Kier molecular flexibility index (Phi) is 3.31. The van der Waals surface area contributed by atoms with Crippen LogP contribution in [0.3, 0.4) is 0 Å². The molecule has 0 radical (unpaired) electrons. The van der Waals surface area contributed by atoms with Crippen LogP contribution in [0.1, 0.15) is 28.0 Å². The van der Waals surface area contributed by atoms with E-state index in [1.807, 2.05) is 0 Å². The molecule has 0 aromatic carbocycles. The van der Waals surface area contributed by atoms with Crippen molar-refractivity contribution < 1.29 is 18.7 Å². The van der Waals surface area contributed by atoms with Gasteiger partial charge in [0.1, 0.15) is 16.4 Å². The maximum atomic E-state index is 12.4. The number of carbonyl (C=O) groups is 1. The highest BCUT2D eigenvalue weighted by Crippen LogP contribution is 2.25.